The van der Waals surface area contributed by atoms with Crippen LogP contribution in [0, 0.1) is 11.8 Å². The molecule has 0 saturated heterocycles. The van der Waals surface area contributed by atoms with Crippen LogP contribution in [-0.4, -0.2) is 57.1 Å². The van der Waals surface area contributed by atoms with E-state index in [1.165, 1.54) is 6.33 Å². The van der Waals surface area contributed by atoms with E-state index in [9.17, 15) is 19.8 Å². The Kier molecular flexibility index (Phi) is 6.56. The van der Waals surface area contributed by atoms with Crippen LogP contribution >= 0.6 is 11.6 Å². The van der Waals surface area contributed by atoms with Crippen molar-refractivity contribution in [2.45, 2.75) is 18.9 Å². The first-order valence-electron chi connectivity index (χ1n) is 12.5. The van der Waals surface area contributed by atoms with Crippen molar-refractivity contribution in [1.82, 2.24) is 35.0 Å². The smallest absolute Gasteiger partial charge is 0.335 e. The fourth-order valence-corrected chi connectivity index (χ4v) is 5.07. The number of hydrogen-bond acceptors (Lipinski definition) is 7. The van der Waals surface area contributed by atoms with Gasteiger partial charge in [-0.05, 0) is 71.1 Å². The number of carboxylic acid groups (broad SMARTS) is 2. The van der Waals surface area contributed by atoms with Gasteiger partial charge >= 0.3 is 11.9 Å². The number of benzene rings is 2. The van der Waals surface area contributed by atoms with E-state index in [0.29, 0.717) is 17.9 Å². The minimum atomic E-state index is -0.989. The first-order valence-corrected chi connectivity index (χ1v) is 12.8. The van der Waals surface area contributed by atoms with E-state index in [4.69, 9.17) is 16.6 Å². The molecule has 3 heterocycles. The molecule has 6 rings (SSSR count). The van der Waals surface area contributed by atoms with E-state index < -0.39 is 11.9 Å². The molecule has 1 saturated carbocycles. The first-order chi connectivity index (χ1) is 19.4. The SMILES string of the molecule is O=C(O)c1ccc(-c2cnn(C(C[C@@H]3C[C@H]3C(=O)O)c3ccc(-c4cc(Cl)ccc4-n4cnnn4)cn3)c2)cc1. The summed E-state index contributed by atoms with van der Waals surface area (Å²) in [7, 11) is 0. The predicted molar refractivity (Wildman–Crippen MR) is 144 cm³/mol. The number of pyridine rings is 1. The van der Waals surface area contributed by atoms with Gasteiger partial charge in [0.25, 0.3) is 0 Å². The summed E-state index contributed by atoms with van der Waals surface area (Å²) in [6, 6.07) is 15.5. The molecule has 1 aliphatic rings. The fourth-order valence-electron chi connectivity index (χ4n) is 4.90. The third kappa shape index (κ3) is 5.06. The zero-order valence-electron chi connectivity index (χ0n) is 20.9. The molecule has 0 amide bonds. The quantitative estimate of drug-likeness (QED) is 0.265. The molecule has 0 aliphatic heterocycles. The van der Waals surface area contributed by atoms with Gasteiger partial charge in [0, 0.05) is 34.1 Å². The molecule has 2 N–H and O–H groups in total. The molecular formula is C28H22ClN7O4. The molecule has 5 aromatic rings. The average Bonchev–Trinajstić information content (AvgIpc) is 3.30. The van der Waals surface area contributed by atoms with E-state index in [2.05, 4.69) is 20.6 Å². The lowest BCUT2D eigenvalue weighted by atomic mass is 10.0. The third-order valence-corrected chi connectivity index (χ3v) is 7.38. The summed E-state index contributed by atoms with van der Waals surface area (Å²) >= 11 is 6.30. The van der Waals surface area contributed by atoms with Crippen molar-refractivity contribution in [2.75, 3.05) is 0 Å². The molecule has 40 heavy (non-hydrogen) atoms. The number of halogens is 1. The zero-order chi connectivity index (χ0) is 27.8. The minimum absolute atomic E-state index is 0.0193. The van der Waals surface area contributed by atoms with Gasteiger partial charge in [0.2, 0.25) is 0 Å². The van der Waals surface area contributed by atoms with Crippen LogP contribution in [0.15, 0.2) is 79.5 Å². The van der Waals surface area contributed by atoms with Gasteiger partial charge in [-0.15, -0.1) is 5.10 Å². The fraction of sp³-hybridized carbons (Fsp3) is 0.179. The Hall–Kier alpha value is -4.90. The predicted octanol–water partition coefficient (Wildman–Crippen LogP) is 4.64. The number of tetrazole rings is 1. The monoisotopic (exact) mass is 555 g/mol. The second-order valence-corrected chi connectivity index (χ2v) is 10.1. The lowest BCUT2D eigenvalue weighted by Crippen LogP contribution is -2.15. The summed E-state index contributed by atoms with van der Waals surface area (Å²) in [6.07, 6.45) is 8.02. The van der Waals surface area contributed by atoms with Crippen molar-refractivity contribution in [3.63, 3.8) is 0 Å². The molecule has 3 atom stereocenters. The highest BCUT2D eigenvalue weighted by atomic mass is 35.5. The molecule has 0 radical (unpaired) electrons. The molecule has 0 spiro atoms. The van der Waals surface area contributed by atoms with E-state index in [-0.39, 0.29) is 23.4 Å². The summed E-state index contributed by atoms with van der Waals surface area (Å²) in [5.41, 5.74) is 4.93. The van der Waals surface area contributed by atoms with Gasteiger partial charge in [-0.3, -0.25) is 14.5 Å². The maximum Gasteiger partial charge on any atom is 0.335 e. The van der Waals surface area contributed by atoms with Crippen molar-refractivity contribution in [3.8, 4) is 27.9 Å². The highest BCUT2D eigenvalue weighted by molar-refractivity contribution is 6.31. The molecular weight excluding hydrogens is 534 g/mol. The van der Waals surface area contributed by atoms with Gasteiger partial charge in [0.05, 0.1) is 35.1 Å². The molecule has 12 heteroatoms. The van der Waals surface area contributed by atoms with Gasteiger partial charge in [0.15, 0.2) is 0 Å². The molecule has 1 aliphatic carbocycles. The van der Waals surface area contributed by atoms with Crippen LogP contribution in [0.25, 0.3) is 27.9 Å². The van der Waals surface area contributed by atoms with Gasteiger partial charge in [-0.25, -0.2) is 4.79 Å². The van der Waals surface area contributed by atoms with E-state index in [0.717, 1.165) is 33.6 Å². The van der Waals surface area contributed by atoms with Crippen LogP contribution in [0.5, 0.6) is 0 Å². The van der Waals surface area contributed by atoms with Gasteiger partial charge < -0.3 is 10.2 Å². The summed E-state index contributed by atoms with van der Waals surface area (Å²) in [5.74, 6) is -2.13. The Morgan fingerprint density at radius 2 is 1.80 bits per heavy atom. The summed E-state index contributed by atoms with van der Waals surface area (Å²) in [5, 5.41) is 35.2. The molecule has 2 aromatic carbocycles. The topological polar surface area (TPSA) is 149 Å². The first kappa shape index (κ1) is 25.4. The highest BCUT2D eigenvalue weighted by Crippen LogP contribution is 2.45. The lowest BCUT2D eigenvalue weighted by molar-refractivity contribution is -0.138. The zero-order valence-corrected chi connectivity index (χ0v) is 21.6. The van der Waals surface area contributed by atoms with Crippen molar-refractivity contribution < 1.29 is 19.8 Å². The molecule has 0 bridgehead atoms. The Balaban J connectivity index is 1.33. The standard InChI is InChI=1S/C28H22ClN7O4/c29-21-6-8-25(36-15-31-33-34-36)22(11-21)18-5-7-24(30-12-18)26(10-19-9-23(19)28(39)40)35-14-20(13-32-35)16-1-3-17(4-2-16)27(37)38/h1-8,11-15,19,23,26H,9-10H2,(H,37,38)(H,39,40)/t19-,23+,26?/m0/s1. The normalized spacial score (nSPS) is 16.9. The number of rotatable bonds is 9. The molecule has 200 valence electrons. The Bertz CT molecular complexity index is 1680. The van der Waals surface area contributed by atoms with E-state index in [1.54, 1.807) is 52.1 Å². The van der Waals surface area contributed by atoms with Crippen molar-refractivity contribution in [2.24, 2.45) is 11.8 Å². The number of carbonyl (C=O) groups is 2. The van der Waals surface area contributed by atoms with Crippen molar-refractivity contribution in [3.05, 3.63) is 95.8 Å². The van der Waals surface area contributed by atoms with Crippen LogP contribution < -0.4 is 0 Å². The minimum Gasteiger partial charge on any atom is -0.481 e. The van der Waals surface area contributed by atoms with E-state index in [1.807, 2.05) is 30.5 Å². The lowest BCUT2D eigenvalue weighted by Gasteiger charge is -2.18. The van der Waals surface area contributed by atoms with Crippen LogP contribution in [0.2, 0.25) is 5.02 Å². The summed E-state index contributed by atoms with van der Waals surface area (Å²) in [4.78, 5) is 27.5. The number of carboxylic acids is 2. The highest BCUT2D eigenvalue weighted by Gasteiger charge is 2.44. The molecule has 3 aromatic heterocycles. The van der Waals surface area contributed by atoms with Crippen LogP contribution in [-0.2, 0) is 4.79 Å². The molecule has 1 fully saturated rings. The Labute approximate surface area is 232 Å². The maximum atomic E-state index is 11.5. The summed E-state index contributed by atoms with van der Waals surface area (Å²) in [6.45, 7) is 0. The largest absolute Gasteiger partial charge is 0.481 e. The number of aromatic nitrogens is 7. The second kappa shape index (κ2) is 10.3. The van der Waals surface area contributed by atoms with E-state index >= 15 is 0 Å². The summed E-state index contributed by atoms with van der Waals surface area (Å²) < 4.78 is 3.35. The average molecular weight is 556 g/mol. The number of nitrogens with zero attached hydrogens (tertiary/aromatic N) is 7. The number of hydrogen-bond donors (Lipinski definition) is 2. The van der Waals surface area contributed by atoms with Gasteiger partial charge in [-0.1, -0.05) is 29.8 Å². The molecule has 1 unspecified atom stereocenters. The van der Waals surface area contributed by atoms with Crippen LogP contribution in [0.1, 0.15) is 34.9 Å². The van der Waals surface area contributed by atoms with Gasteiger partial charge in [0.1, 0.15) is 6.33 Å². The maximum absolute atomic E-state index is 11.5. The number of aliphatic carboxylic acids is 1. The second-order valence-electron chi connectivity index (χ2n) is 9.67. The molecule has 11 nitrogen and oxygen atoms in total. The third-order valence-electron chi connectivity index (χ3n) is 7.15. The van der Waals surface area contributed by atoms with Crippen molar-refractivity contribution >= 4 is 23.5 Å². The van der Waals surface area contributed by atoms with Gasteiger partial charge in [-0.2, -0.15) is 9.78 Å². The van der Waals surface area contributed by atoms with Crippen molar-refractivity contribution in [1.29, 1.82) is 0 Å². The van der Waals surface area contributed by atoms with Crippen LogP contribution in [0.4, 0.5) is 0 Å². The van der Waals surface area contributed by atoms with Crippen LogP contribution in [0.3, 0.4) is 0 Å². The Morgan fingerprint density at radius 1 is 1.00 bits per heavy atom. The Morgan fingerprint density at radius 3 is 2.45 bits per heavy atom. The number of aromatic carboxylic acids is 1.